The molecule has 0 radical (unpaired) electrons. The highest BCUT2D eigenvalue weighted by Crippen LogP contribution is 2.40. The van der Waals surface area contributed by atoms with Gasteiger partial charge >= 0.3 is 0 Å². The van der Waals surface area contributed by atoms with Gasteiger partial charge in [0, 0.05) is 35.3 Å². The minimum absolute atomic E-state index is 0.287. The van der Waals surface area contributed by atoms with Crippen LogP contribution in [0.1, 0.15) is 35.3 Å². The van der Waals surface area contributed by atoms with Crippen molar-refractivity contribution in [1.82, 2.24) is 15.6 Å². The van der Waals surface area contributed by atoms with E-state index in [2.05, 4.69) is 27.0 Å². The maximum atomic E-state index is 13.6. The molecule has 1 aromatic heterocycles. The molecule has 3 N–H and O–H groups in total. The Morgan fingerprint density at radius 2 is 1.90 bits per heavy atom. The van der Waals surface area contributed by atoms with Crippen LogP contribution in [0.25, 0.3) is 0 Å². The van der Waals surface area contributed by atoms with Crippen LogP contribution in [0.5, 0.6) is 11.5 Å². The standard InChI is InChI=1S/C29H30N6O3S/c1-17-13-19(16-31-3)23(15-30)28(32-17)39-29-33-18(2)25(27(36)34-20-9-7-6-8-10-20)26(35-29)22-12-11-21(37-4)14-24(22)38-5/h6-14,26,31H,16H2,1-5H3,(H,33,35)(H,34,36)/t26-/m0/s1. The molecule has 4 rings (SSSR count). The molecule has 0 aliphatic carbocycles. The van der Waals surface area contributed by atoms with E-state index in [1.165, 1.54) is 11.8 Å². The number of amidine groups is 1. The number of nitrogens with zero attached hydrogens (tertiary/aromatic N) is 3. The van der Waals surface area contributed by atoms with Crippen LogP contribution >= 0.6 is 11.8 Å². The van der Waals surface area contributed by atoms with Crippen molar-refractivity contribution in [2.24, 2.45) is 4.99 Å². The zero-order valence-corrected chi connectivity index (χ0v) is 23.3. The van der Waals surface area contributed by atoms with E-state index in [4.69, 9.17) is 14.5 Å². The number of hydrogen-bond donors (Lipinski definition) is 3. The van der Waals surface area contributed by atoms with E-state index in [0.717, 1.165) is 11.3 Å². The number of thioether (sulfide) groups is 1. The Labute approximate surface area is 232 Å². The number of rotatable bonds is 8. The first-order valence-corrected chi connectivity index (χ1v) is 13.1. The van der Waals surface area contributed by atoms with Gasteiger partial charge in [0.05, 0.1) is 25.4 Å². The molecule has 0 fully saturated rings. The van der Waals surface area contributed by atoms with Gasteiger partial charge in [0.1, 0.15) is 28.6 Å². The van der Waals surface area contributed by atoms with Crippen molar-refractivity contribution in [3.63, 3.8) is 0 Å². The predicted octanol–water partition coefficient (Wildman–Crippen LogP) is 4.70. The zero-order valence-electron chi connectivity index (χ0n) is 22.5. The topological polar surface area (TPSA) is 121 Å². The molecule has 0 saturated heterocycles. The molecule has 0 unspecified atom stereocenters. The smallest absolute Gasteiger partial charge is 0.255 e. The van der Waals surface area contributed by atoms with E-state index in [0.29, 0.717) is 56.3 Å². The van der Waals surface area contributed by atoms with Gasteiger partial charge in [0.2, 0.25) is 0 Å². The van der Waals surface area contributed by atoms with Gasteiger partial charge in [-0.15, -0.1) is 0 Å². The van der Waals surface area contributed by atoms with Crippen molar-refractivity contribution in [1.29, 1.82) is 5.26 Å². The Morgan fingerprint density at radius 3 is 2.56 bits per heavy atom. The molecule has 1 atom stereocenters. The van der Waals surface area contributed by atoms with Crippen molar-refractivity contribution in [3.8, 4) is 17.6 Å². The zero-order chi connectivity index (χ0) is 27.9. The van der Waals surface area contributed by atoms with Gasteiger partial charge in [-0.1, -0.05) is 18.2 Å². The van der Waals surface area contributed by atoms with Gasteiger partial charge in [-0.25, -0.2) is 9.98 Å². The van der Waals surface area contributed by atoms with E-state index in [9.17, 15) is 10.1 Å². The summed E-state index contributed by atoms with van der Waals surface area (Å²) in [6.07, 6.45) is 0. The summed E-state index contributed by atoms with van der Waals surface area (Å²) in [6, 6.07) is 18.2. The number of para-hydroxylation sites is 1. The van der Waals surface area contributed by atoms with Gasteiger partial charge < -0.3 is 25.4 Å². The van der Waals surface area contributed by atoms with Gasteiger partial charge in [0.25, 0.3) is 5.91 Å². The van der Waals surface area contributed by atoms with E-state index in [1.807, 2.05) is 69.4 Å². The number of allylic oxidation sites excluding steroid dienone is 1. The Kier molecular flexibility index (Phi) is 8.86. The minimum atomic E-state index is -0.689. The third kappa shape index (κ3) is 6.22. The molecule has 1 amide bonds. The molecular weight excluding hydrogens is 512 g/mol. The molecular formula is C29H30N6O3S. The lowest BCUT2D eigenvalue weighted by atomic mass is 9.95. The number of ether oxygens (including phenoxy) is 2. The van der Waals surface area contributed by atoms with E-state index in [-0.39, 0.29) is 5.91 Å². The fourth-order valence-electron chi connectivity index (χ4n) is 4.31. The second kappa shape index (κ2) is 12.5. The lowest BCUT2D eigenvalue weighted by Crippen LogP contribution is -2.32. The summed E-state index contributed by atoms with van der Waals surface area (Å²) in [5.74, 6) is 0.873. The van der Waals surface area contributed by atoms with Crippen molar-refractivity contribution >= 4 is 28.5 Å². The Morgan fingerprint density at radius 1 is 1.13 bits per heavy atom. The van der Waals surface area contributed by atoms with Crippen LogP contribution in [0.3, 0.4) is 0 Å². The number of carbonyl (C=O) groups is 1. The number of anilines is 1. The summed E-state index contributed by atoms with van der Waals surface area (Å²) < 4.78 is 11.1. The first-order chi connectivity index (χ1) is 18.9. The minimum Gasteiger partial charge on any atom is -0.497 e. The van der Waals surface area contributed by atoms with Crippen LogP contribution in [0.2, 0.25) is 0 Å². The Hall–Kier alpha value is -4.33. The number of pyridine rings is 1. The molecule has 9 nitrogen and oxygen atoms in total. The highest BCUT2D eigenvalue weighted by Gasteiger charge is 2.32. The third-order valence-electron chi connectivity index (χ3n) is 6.10. The molecule has 0 saturated carbocycles. The molecule has 10 heteroatoms. The lowest BCUT2D eigenvalue weighted by Gasteiger charge is -2.27. The fraction of sp³-hybridized carbons (Fsp3) is 0.241. The van der Waals surface area contributed by atoms with E-state index < -0.39 is 6.04 Å². The van der Waals surface area contributed by atoms with E-state index in [1.54, 1.807) is 20.3 Å². The van der Waals surface area contributed by atoms with Crippen molar-refractivity contribution in [3.05, 3.63) is 88.3 Å². The fourth-order valence-corrected chi connectivity index (χ4v) is 5.32. The number of aryl methyl sites for hydroxylation is 1. The quantitative estimate of drug-likeness (QED) is 0.375. The van der Waals surface area contributed by atoms with E-state index >= 15 is 0 Å². The third-order valence-corrected chi connectivity index (χ3v) is 6.99. The summed E-state index contributed by atoms with van der Waals surface area (Å²) in [7, 11) is 4.98. The summed E-state index contributed by atoms with van der Waals surface area (Å²) in [6.45, 7) is 4.26. The van der Waals surface area contributed by atoms with Crippen LogP contribution in [0, 0.1) is 18.3 Å². The summed E-state index contributed by atoms with van der Waals surface area (Å²) in [4.78, 5) is 23.2. The van der Waals surface area contributed by atoms with Crippen LogP contribution in [-0.4, -0.2) is 37.3 Å². The van der Waals surface area contributed by atoms with Crippen LogP contribution in [0.15, 0.2) is 75.9 Å². The second-order valence-electron chi connectivity index (χ2n) is 8.78. The van der Waals surface area contributed by atoms with Crippen molar-refractivity contribution in [2.45, 2.75) is 31.5 Å². The van der Waals surface area contributed by atoms with Crippen LogP contribution < -0.4 is 25.4 Å². The molecule has 1 aliphatic heterocycles. The first kappa shape index (κ1) is 27.7. The predicted molar refractivity (Wildman–Crippen MR) is 153 cm³/mol. The number of methoxy groups -OCH3 is 2. The summed E-state index contributed by atoms with van der Waals surface area (Å²) in [5, 5.41) is 20.3. The lowest BCUT2D eigenvalue weighted by molar-refractivity contribution is -0.113. The average molecular weight is 543 g/mol. The maximum absolute atomic E-state index is 13.6. The number of hydrogen-bond acceptors (Lipinski definition) is 9. The number of amides is 1. The molecule has 2 aromatic carbocycles. The molecule has 200 valence electrons. The van der Waals surface area contributed by atoms with Gasteiger partial charge in [0.15, 0.2) is 5.17 Å². The van der Waals surface area contributed by atoms with Gasteiger partial charge in [-0.3, -0.25) is 4.79 Å². The molecule has 1 aliphatic rings. The summed E-state index contributed by atoms with van der Waals surface area (Å²) >= 11 is 1.26. The number of nitrogens with one attached hydrogen (secondary N) is 3. The Balaban J connectivity index is 1.79. The molecule has 0 bridgehead atoms. The SMILES string of the molecule is CNCc1cc(C)nc(SC2=N[C@@H](c3ccc(OC)cc3OC)C(C(=O)Nc3ccccc3)=C(C)N2)c1C#N. The molecule has 39 heavy (non-hydrogen) atoms. The van der Waals surface area contributed by atoms with Crippen LogP contribution in [-0.2, 0) is 11.3 Å². The van der Waals surface area contributed by atoms with Crippen LogP contribution in [0.4, 0.5) is 5.69 Å². The monoisotopic (exact) mass is 542 g/mol. The first-order valence-electron chi connectivity index (χ1n) is 12.3. The average Bonchev–Trinajstić information content (AvgIpc) is 2.93. The number of carbonyl (C=O) groups excluding carboxylic acids is 1. The number of aliphatic imine (C=N–C) groups is 1. The number of aromatic nitrogens is 1. The highest BCUT2D eigenvalue weighted by atomic mass is 32.2. The normalized spacial score (nSPS) is 14.7. The van der Waals surface area contributed by atoms with Gasteiger partial charge in [-0.2, -0.15) is 5.26 Å². The number of nitriles is 1. The number of benzene rings is 2. The molecule has 3 aromatic rings. The highest BCUT2D eigenvalue weighted by molar-refractivity contribution is 8.13. The van der Waals surface area contributed by atoms with Crippen molar-refractivity contribution in [2.75, 3.05) is 26.6 Å². The molecule has 2 heterocycles. The van der Waals surface area contributed by atoms with Crippen molar-refractivity contribution < 1.29 is 14.3 Å². The second-order valence-corrected chi connectivity index (χ2v) is 9.75. The largest absolute Gasteiger partial charge is 0.497 e. The van der Waals surface area contributed by atoms with Gasteiger partial charge in [-0.05, 0) is 68.6 Å². The summed E-state index contributed by atoms with van der Waals surface area (Å²) in [5.41, 5.74) is 4.58. The maximum Gasteiger partial charge on any atom is 0.255 e. The Bertz CT molecular complexity index is 1480. The molecule has 0 spiro atoms.